The van der Waals surface area contributed by atoms with E-state index in [1.54, 1.807) is 0 Å². The van der Waals surface area contributed by atoms with Crippen LogP contribution in [0.5, 0.6) is 0 Å². The van der Waals surface area contributed by atoms with Crippen LogP contribution in [-0.4, -0.2) is 11.2 Å². The van der Waals surface area contributed by atoms with Crippen LogP contribution < -0.4 is 5.73 Å². The van der Waals surface area contributed by atoms with E-state index < -0.39 is 23.8 Å². The molecule has 1 fully saturated rings. The van der Waals surface area contributed by atoms with Crippen molar-refractivity contribution in [3.05, 3.63) is 34.4 Å². The van der Waals surface area contributed by atoms with Gasteiger partial charge in [0.05, 0.1) is 17.2 Å². The molecule has 0 radical (unpaired) electrons. The zero-order valence-corrected chi connectivity index (χ0v) is 10.6. The van der Waals surface area contributed by atoms with Crippen molar-refractivity contribution in [1.29, 1.82) is 0 Å². The monoisotopic (exact) mass is 275 g/mol. The maximum atomic E-state index is 13.7. The van der Waals surface area contributed by atoms with E-state index in [-0.39, 0.29) is 16.5 Å². The van der Waals surface area contributed by atoms with Crippen LogP contribution in [0.1, 0.15) is 37.3 Å². The van der Waals surface area contributed by atoms with E-state index in [9.17, 15) is 13.9 Å². The van der Waals surface area contributed by atoms with E-state index >= 15 is 0 Å². The molecule has 18 heavy (non-hydrogen) atoms. The summed E-state index contributed by atoms with van der Waals surface area (Å²) in [5.41, 5.74) is 5.72. The van der Waals surface area contributed by atoms with Crippen LogP contribution in [0.3, 0.4) is 0 Å². The molecular formula is C13H16ClF2NO. The molecule has 1 aliphatic carbocycles. The van der Waals surface area contributed by atoms with Gasteiger partial charge in [-0.2, -0.15) is 0 Å². The molecular weight excluding hydrogens is 260 g/mol. The Hall–Kier alpha value is -0.710. The molecule has 1 aromatic rings. The average molecular weight is 276 g/mol. The molecule has 2 atom stereocenters. The summed E-state index contributed by atoms with van der Waals surface area (Å²) in [5, 5.41) is 9.80. The molecule has 1 saturated carbocycles. The van der Waals surface area contributed by atoms with E-state index in [2.05, 4.69) is 0 Å². The van der Waals surface area contributed by atoms with E-state index in [1.807, 2.05) is 0 Å². The summed E-state index contributed by atoms with van der Waals surface area (Å²) in [7, 11) is 0. The summed E-state index contributed by atoms with van der Waals surface area (Å²) in [6.07, 6.45) is 2.91. The summed E-state index contributed by atoms with van der Waals surface area (Å²) in [4.78, 5) is 0. The Morgan fingerprint density at radius 1 is 1.22 bits per heavy atom. The van der Waals surface area contributed by atoms with Gasteiger partial charge in [-0.1, -0.05) is 24.4 Å². The van der Waals surface area contributed by atoms with Gasteiger partial charge in [0.2, 0.25) is 0 Å². The van der Waals surface area contributed by atoms with Gasteiger partial charge in [0, 0.05) is 5.56 Å². The summed E-state index contributed by atoms with van der Waals surface area (Å²) in [6.45, 7) is 0. The number of aliphatic hydroxyl groups excluding tert-OH is 1. The number of aliphatic hydroxyl groups is 1. The minimum absolute atomic E-state index is 0.0405. The third kappa shape index (κ3) is 2.51. The largest absolute Gasteiger partial charge is 0.391 e. The van der Waals surface area contributed by atoms with Crippen molar-refractivity contribution >= 4 is 11.6 Å². The van der Waals surface area contributed by atoms with Crippen molar-refractivity contribution in [3.63, 3.8) is 0 Å². The fraction of sp³-hybridized carbons (Fsp3) is 0.538. The van der Waals surface area contributed by atoms with Crippen LogP contribution >= 0.6 is 11.6 Å². The molecule has 1 aromatic carbocycles. The Morgan fingerprint density at radius 3 is 2.39 bits per heavy atom. The van der Waals surface area contributed by atoms with Crippen LogP contribution in [-0.2, 0) is 0 Å². The van der Waals surface area contributed by atoms with Crippen molar-refractivity contribution in [3.8, 4) is 0 Å². The lowest BCUT2D eigenvalue weighted by Gasteiger charge is -2.25. The van der Waals surface area contributed by atoms with Gasteiger partial charge in [-0.25, -0.2) is 8.78 Å². The first kappa shape index (κ1) is 13.7. The van der Waals surface area contributed by atoms with E-state index in [0.29, 0.717) is 0 Å². The lowest BCUT2D eigenvalue weighted by Crippen LogP contribution is -2.33. The first-order chi connectivity index (χ1) is 8.52. The van der Waals surface area contributed by atoms with Crippen molar-refractivity contribution in [2.75, 3.05) is 0 Å². The van der Waals surface area contributed by atoms with E-state index in [1.165, 1.54) is 0 Å². The third-order valence-electron chi connectivity index (χ3n) is 3.66. The zero-order valence-electron chi connectivity index (χ0n) is 9.87. The van der Waals surface area contributed by atoms with Gasteiger partial charge in [-0.3, -0.25) is 0 Å². The maximum Gasteiger partial charge on any atom is 0.142 e. The zero-order chi connectivity index (χ0) is 13.3. The van der Waals surface area contributed by atoms with Crippen molar-refractivity contribution in [2.24, 2.45) is 11.7 Å². The van der Waals surface area contributed by atoms with Crippen LogP contribution in [0, 0.1) is 17.6 Å². The molecule has 0 amide bonds. The third-order valence-corrected chi connectivity index (χ3v) is 4.05. The van der Waals surface area contributed by atoms with Gasteiger partial charge in [-0.05, 0) is 30.9 Å². The molecule has 0 unspecified atom stereocenters. The second-order valence-electron chi connectivity index (χ2n) is 4.82. The summed E-state index contributed by atoms with van der Waals surface area (Å²) >= 11 is 5.74. The van der Waals surface area contributed by atoms with Crippen molar-refractivity contribution in [2.45, 2.75) is 37.8 Å². The molecule has 0 saturated heterocycles. The van der Waals surface area contributed by atoms with Crippen LogP contribution in [0.2, 0.25) is 5.02 Å². The number of nitrogens with two attached hydrogens (primary N) is 1. The van der Waals surface area contributed by atoms with Gasteiger partial charge in [-0.15, -0.1) is 0 Å². The summed E-state index contributed by atoms with van der Waals surface area (Å²) in [6, 6.07) is 0.949. The van der Waals surface area contributed by atoms with Crippen LogP contribution in [0.4, 0.5) is 8.78 Å². The Balaban J connectivity index is 2.27. The average Bonchev–Trinajstić information content (AvgIpc) is 2.87. The Labute approximate surface area is 110 Å². The minimum Gasteiger partial charge on any atom is -0.391 e. The van der Waals surface area contributed by atoms with Gasteiger partial charge >= 0.3 is 0 Å². The molecule has 0 aromatic heterocycles. The van der Waals surface area contributed by atoms with E-state index in [4.69, 9.17) is 17.3 Å². The minimum atomic E-state index is -0.990. The number of rotatable bonds is 3. The highest BCUT2D eigenvalue weighted by atomic mass is 35.5. The smallest absolute Gasteiger partial charge is 0.142 e. The first-order valence-corrected chi connectivity index (χ1v) is 6.47. The quantitative estimate of drug-likeness (QED) is 0.833. The molecule has 3 N–H and O–H groups in total. The standard InChI is InChI=1S/C13H16ClF2NO/c14-11-9(16)6-5-8(15)10(11)12(17)13(18)7-3-1-2-4-7/h5-7,12-13,18H,1-4,17H2/t12-,13+/m0/s1. The molecule has 0 aliphatic heterocycles. The highest BCUT2D eigenvalue weighted by Gasteiger charge is 2.31. The molecule has 100 valence electrons. The van der Waals surface area contributed by atoms with Crippen LogP contribution in [0.15, 0.2) is 12.1 Å². The molecule has 0 spiro atoms. The Morgan fingerprint density at radius 2 is 1.78 bits per heavy atom. The Bertz CT molecular complexity index is 435. The number of halogens is 3. The second kappa shape index (κ2) is 5.51. The normalized spacial score (nSPS) is 20.1. The lowest BCUT2D eigenvalue weighted by atomic mass is 9.90. The maximum absolute atomic E-state index is 13.7. The highest BCUT2D eigenvalue weighted by Crippen LogP contribution is 2.36. The molecule has 0 heterocycles. The van der Waals surface area contributed by atoms with Gasteiger partial charge in [0.15, 0.2) is 0 Å². The summed E-state index contributed by atoms with van der Waals surface area (Å²) < 4.78 is 27.0. The summed E-state index contributed by atoms with van der Waals surface area (Å²) in [5.74, 6) is -1.35. The number of hydrogen-bond donors (Lipinski definition) is 2. The Kier molecular flexibility index (Phi) is 4.20. The second-order valence-corrected chi connectivity index (χ2v) is 5.20. The molecule has 5 heteroatoms. The predicted molar refractivity (Wildman–Crippen MR) is 66.3 cm³/mol. The number of benzene rings is 1. The topological polar surface area (TPSA) is 46.2 Å². The lowest BCUT2D eigenvalue weighted by molar-refractivity contribution is 0.0832. The number of hydrogen-bond acceptors (Lipinski definition) is 2. The molecule has 2 nitrogen and oxygen atoms in total. The fourth-order valence-corrected chi connectivity index (χ4v) is 2.89. The van der Waals surface area contributed by atoms with Gasteiger partial charge < -0.3 is 10.8 Å². The first-order valence-electron chi connectivity index (χ1n) is 6.09. The van der Waals surface area contributed by atoms with Gasteiger partial charge in [0.25, 0.3) is 0 Å². The predicted octanol–water partition coefficient (Wildman–Crippen LogP) is 3.17. The van der Waals surface area contributed by atoms with Crippen molar-refractivity contribution < 1.29 is 13.9 Å². The highest BCUT2D eigenvalue weighted by molar-refractivity contribution is 6.31. The molecule has 0 bridgehead atoms. The molecule has 1 aliphatic rings. The van der Waals surface area contributed by atoms with E-state index in [0.717, 1.165) is 37.8 Å². The fourth-order valence-electron chi connectivity index (χ4n) is 2.61. The SMILES string of the molecule is N[C@@H](c1c(F)ccc(F)c1Cl)[C@H](O)C1CCCC1. The molecule has 2 rings (SSSR count). The van der Waals surface area contributed by atoms with Crippen LogP contribution in [0.25, 0.3) is 0 Å². The van der Waals surface area contributed by atoms with Gasteiger partial charge in [0.1, 0.15) is 11.6 Å². The van der Waals surface area contributed by atoms with Crippen molar-refractivity contribution in [1.82, 2.24) is 0 Å².